The fourth-order valence-electron chi connectivity index (χ4n) is 2.37. The van der Waals surface area contributed by atoms with E-state index in [-0.39, 0.29) is 12.5 Å². The second-order valence-corrected chi connectivity index (χ2v) is 4.12. The minimum Gasteiger partial charge on any atom is -0.481 e. The average molecular weight is 205 g/mol. The molecule has 0 saturated heterocycles. The zero-order valence-electron chi connectivity index (χ0n) is 8.52. The third-order valence-electron chi connectivity index (χ3n) is 3.22. The summed E-state index contributed by atoms with van der Waals surface area (Å²) in [5.41, 5.74) is 8.07. The van der Waals surface area contributed by atoms with E-state index in [4.69, 9.17) is 10.8 Å². The summed E-state index contributed by atoms with van der Waals surface area (Å²) in [6.45, 7) is 0.230. The topological polar surface area (TPSA) is 63.3 Å². The van der Waals surface area contributed by atoms with Crippen molar-refractivity contribution >= 4 is 5.97 Å². The van der Waals surface area contributed by atoms with Crippen LogP contribution >= 0.6 is 0 Å². The van der Waals surface area contributed by atoms with Crippen LogP contribution in [-0.2, 0) is 17.6 Å². The van der Waals surface area contributed by atoms with Crippen LogP contribution in [-0.4, -0.2) is 17.6 Å². The summed E-state index contributed by atoms with van der Waals surface area (Å²) in [6.07, 6.45) is 1.70. The predicted octanol–water partition coefficient (Wildman–Crippen LogP) is 1.06. The molecule has 2 rings (SSSR count). The fraction of sp³-hybridized carbons (Fsp3) is 0.417. The molecule has 1 atom stereocenters. The van der Waals surface area contributed by atoms with Gasteiger partial charge in [0.1, 0.15) is 0 Å². The Balaban J connectivity index is 2.15. The number of carboxylic acids is 1. The Kier molecular flexibility index (Phi) is 2.73. The van der Waals surface area contributed by atoms with Crippen LogP contribution in [0.25, 0.3) is 0 Å². The predicted molar refractivity (Wildman–Crippen MR) is 57.5 cm³/mol. The highest BCUT2D eigenvalue weighted by atomic mass is 16.4. The van der Waals surface area contributed by atoms with Crippen molar-refractivity contribution in [3.63, 3.8) is 0 Å². The van der Waals surface area contributed by atoms with Gasteiger partial charge in [0.15, 0.2) is 0 Å². The number of fused-ring (bicyclic) bond motifs is 1. The van der Waals surface area contributed by atoms with Crippen LogP contribution in [0.1, 0.15) is 11.1 Å². The highest BCUT2D eigenvalue weighted by Crippen LogP contribution is 2.31. The van der Waals surface area contributed by atoms with E-state index < -0.39 is 11.9 Å². The first-order valence-electron chi connectivity index (χ1n) is 5.22. The molecule has 1 unspecified atom stereocenters. The zero-order valence-corrected chi connectivity index (χ0v) is 8.52. The molecule has 1 aromatic carbocycles. The lowest BCUT2D eigenvalue weighted by Crippen LogP contribution is -2.31. The molecule has 0 aromatic heterocycles. The Labute approximate surface area is 88.9 Å². The van der Waals surface area contributed by atoms with Gasteiger partial charge < -0.3 is 10.8 Å². The van der Waals surface area contributed by atoms with Crippen LogP contribution in [0.3, 0.4) is 0 Å². The first kappa shape index (κ1) is 10.2. The lowest BCUT2D eigenvalue weighted by Gasteiger charge is -2.16. The van der Waals surface area contributed by atoms with E-state index in [1.807, 2.05) is 12.1 Å². The number of carbonyl (C=O) groups is 1. The summed E-state index contributed by atoms with van der Waals surface area (Å²) in [5, 5.41) is 9.03. The van der Waals surface area contributed by atoms with Crippen molar-refractivity contribution in [1.29, 1.82) is 0 Å². The molecule has 3 heteroatoms. The lowest BCUT2D eigenvalue weighted by atomic mass is 9.90. The number of nitrogens with two attached hydrogens (primary N) is 1. The van der Waals surface area contributed by atoms with E-state index in [0.29, 0.717) is 0 Å². The van der Waals surface area contributed by atoms with Gasteiger partial charge in [0.2, 0.25) is 0 Å². The smallest absolute Gasteiger partial charge is 0.308 e. The summed E-state index contributed by atoms with van der Waals surface area (Å²) in [7, 11) is 0. The second kappa shape index (κ2) is 4.03. The minimum absolute atomic E-state index is 0.171. The molecular formula is C12H15NO2. The molecule has 1 aliphatic carbocycles. The molecule has 0 spiro atoms. The maximum atomic E-state index is 11.0. The van der Waals surface area contributed by atoms with Crippen LogP contribution in [0.15, 0.2) is 24.3 Å². The number of aliphatic carboxylic acids is 1. The SMILES string of the molecule is NCC(C(=O)O)C1Cc2ccccc2C1. The van der Waals surface area contributed by atoms with Gasteiger partial charge >= 0.3 is 5.97 Å². The van der Waals surface area contributed by atoms with Gasteiger partial charge in [0.05, 0.1) is 5.92 Å². The molecule has 15 heavy (non-hydrogen) atoms. The molecule has 3 nitrogen and oxygen atoms in total. The first-order valence-corrected chi connectivity index (χ1v) is 5.22. The largest absolute Gasteiger partial charge is 0.481 e. The maximum absolute atomic E-state index is 11.0. The molecular weight excluding hydrogens is 190 g/mol. The van der Waals surface area contributed by atoms with E-state index in [0.717, 1.165) is 12.8 Å². The molecule has 80 valence electrons. The van der Waals surface area contributed by atoms with E-state index in [2.05, 4.69) is 12.1 Å². The molecule has 0 saturated carbocycles. The van der Waals surface area contributed by atoms with E-state index in [9.17, 15) is 4.79 Å². The molecule has 0 heterocycles. The standard InChI is InChI=1S/C12H15NO2/c13-7-11(12(14)15)10-5-8-3-1-2-4-9(8)6-10/h1-4,10-11H,5-7,13H2,(H,14,15). The number of carboxylic acid groups (broad SMARTS) is 1. The molecule has 0 aliphatic heterocycles. The summed E-state index contributed by atoms with van der Waals surface area (Å²) in [6, 6.07) is 8.15. The molecule has 0 amide bonds. The molecule has 3 N–H and O–H groups in total. The van der Waals surface area contributed by atoms with E-state index >= 15 is 0 Å². The van der Waals surface area contributed by atoms with Crippen molar-refractivity contribution < 1.29 is 9.90 Å². The number of hydrogen-bond acceptors (Lipinski definition) is 2. The van der Waals surface area contributed by atoms with Crippen LogP contribution in [0, 0.1) is 11.8 Å². The van der Waals surface area contributed by atoms with E-state index in [1.165, 1.54) is 11.1 Å². The van der Waals surface area contributed by atoms with Gasteiger partial charge in [-0.05, 0) is 29.9 Å². The Morgan fingerprint density at radius 2 is 1.93 bits per heavy atom. The number of rotatable bonds is 3. The summed E-state index contributed by atoms with van der Waals surface area (Å²) < 4.78 is 0. The van der Waals surface area contributed by atoms with Gasteiger partial charge in [-0.25, -0.2) is 0 Å². The van der Waals surface area contributed by atoms with Crippen LogP contribution in [0.2, 0.25) is 0 Å². The third kappa shape index (κ3) is 1.88. The van der Waals surface area contributed by atoms with Crippen molar-refractivity contribution in [2.24, 2.45) is 17.6 Å². The van der Waals surface area contributed by atoms with Gasteiger partial charge in [0, 0.05) is 6.54 Å². The Hall–Kier alpha value is -1.35. The monoisotopic (exact) mass is 205 g/mol. The summed E-state index contributed by atoms with van der Waals surface area (Å²) in [4.78, 5) is 11.0. The molecule has 1 aromatic rings. The number of hydrogen-bond donors (Lipinski definition) is 2. The average Bonchev–Trinajstić information content (AvgIpc) is 2.61. The van der Waals surface area contributed by atoms with Crippen molar-refractivity contribution in [2.75, 3.05) is 6.54 Å². The highest BCUT2D eigenvalue weighted by Gasteiger charge is 2.31. The van der Waals surface area contributed by atoms with Crippen molar-refractivity contribution in [3.05, 3.63) is 35.4 Å². The van der Waals surface area contributed by atoms with Crippen LogP contribution in [0.4, 0.5) is 0 Å². The number of benzene rings is 1. The normalized spacial score (nSPS) is 17.4. The maximum Gasteiger partial charge on any atom is 0.308 e. The van der Waals surface area contributed by atoms with Gasteiger partial charge in [-0.15, -0.1) is 0 Å². The third-order valence-corrected chi connectivity index (χ3v) is 3.22. The van der Waals surface area contributed by atoms with Gasteiger partial charge in [-0.3, -0.25) is 4.79 Å². The van der Waals surface area contributed by atoms with E-state index in [1.54, 1.807) is 0 Å². The fourth-order valence-corrected chi connectivity index (χ4v) is 2.37. The summed E-state index contributed by atoms with van der Waals surface area (Å²) >= 11 is 0. The lowest BCUT2D eigenvalue weighted by molar-refractivity contribution is -0.143. The summed E-state index contributed by atoms with van der Waals surface area (Å²) in [5.74, 6) is -1.00. The first-order chi connectivity index (χ1) is 7.22. The molecule has 1 aliphatic rings. The van der Waals surface area contributed by atoms with Crippen molar-refractivity contribution in [3.8, 4) is 0 Å². The van der Waals surface area contributed by atoms with Gasteiger partial charge in [-0.2, -0.15) is 0 Å². The Bertz CT molecular complexity index is 351. The molecule has 0 fully saturated rings. The van der Waals surface area contributed by atoms with Gasteiger partial charge in [0.25, 0.3) is 0 Å². The minimum atomic E-state index is -0.768. The van der Waals surface area contributed by atoms with Gasteiger partial charge in [-0.1, -0.05) is 24.3 Å². The quantitative estimate of drug-likeness (QED) is 0.775. The Morgan fingerprint density at radius 1 is 1.40 bits per heavy atom. The van der Waals surface area contributed by atoms with Crippen molar-refractivity contribution in [2.45, 2.75) is 12.8 Å². The second-order valence-electron chi connectivity index (χ2n) is 4.12. The molecule has 0 radical (unpaired) electrons. The van der Waals surface area contributed by atoms with Crippen LogP contribution < -0.4 is 5.73 Å². The molecule has 0 bridgehead atoms. The highest BCUT2D eigenvalue weighted by molar-refractivity contribution is 5.71. The zero-order chi connectivity index (χ0) is 10.8. The van der Waals surface area contributed by atoms with Crippen molar-refractivity contribution in [1.82, 2.24) is 0 Å². The van der Waals surface area contributed by atoms with Crippen LogP contribution in [0.5, 0.6) is 0 Å². The Morgan fingerprint density at radius 3 is 2.33 bits per heavy atom.